The molecule has 18 heavy (non-hydrogen) atoms. The highest BCUT2D eigenvalue weighted by atomic mass is 79.9. The summed E-state index contributed by atoms with van der Waals surface area (Å²) < 4.78 is 24.9. The van der Waals surface area contributed by atoms with Crippen molar-refractivity contribution in [3.63, 3.8) is 0 Å². The lowest BCUT2D eigenvalue weighted by Gasteiger charge is -2.21. The predicted octanol–water partition coefficient (Wildman–Crippen LogP) is 3.41. The van der Waals surface area contributed by atoms with Crippen LogP contribution in [0.1, 0.15) is 21.5 Å². The van der Waals surface area contributed by atoms with E-state index in [1.807, 2.05) is 19.9 Å². The van der Waals surface area contributed by atoms with E-state index in [1.165, 1.54) is 4.90 Å². The first-order chi connectivity index (χ1) is 8.43. The van der Waals surface area contributed by atoms with E-state index in [-0.39, 0.29) is 12.5 Å². The van der Waals surface area contributed by atoms with Crippen LogP contribution in [0.4, 0.5) is 8.78 Å². The van der Waals surface area contributed by atoms with Gasteiger partial charge in [0.2, 0.25) is 0 Å². The van der Waals surface area contributed by atoms with Crippen LogP contribution in [0.2, 0.25) is 0 Å². The molecule has 0 atom stereocenters. The van der Waals surface area contributed by atoms with E-state index in [1.54, 1.807) is 12.1 Å². The van der Waals surface area contributed by atoms with E-state index in [2.05, 4.69) is 15.9 Å². The molecule has 0 bridgehead atoms. The first-order valence-corrected chi connectivity index (χ1v) is 6.78. The first-order valence-electron chi connectivity index (χ1n) is 5.65. The third kappa shape index (κ3) is 4.37. The normalized spacial score (nSPS) is 10.8. The summed E-state index contributed by atoms with van der Waals surface area (Å²) in [5, 5.41) is 0.482. The number of amides is 1. The molecular formula is C13H16BrF2NO. The summed E-state index contributed by atoms with van der Waals surface area (Å²) in [6.07, 6.45) is -2.51. The van der Waals surface area contributed by atoms with Gasteiger partial charge in [-0.05, 0) is 26.0 Å². The van der Waals surface area contributed by atoms with E-state index in [4.69, 9.17) is 0 Å². The molecular weight excluding hydrogens is 304 g/mol. The molecule has 100 valence electrons. The van der Waals surface area contributed by atoms with Crippen molar-refractivity contribution < 1.29 is 13.6 Å². The second kappa shape index (κ2) is 6.83. The van der Waals surface area contributed by atoms with Crippen LogP contribution in [0.5, 0.6) is 0 Å². The van der Waals surface area contributed by atoms with Crippen LogP contribution in [0, 0.1) is 13.8 Å². The van der Waals surface area contributed by atoms with Crippen LogP contribution in [-0.2, 0) is 0 Å². The molecule has 1 amide bonds. The SMILES string of the molecule is Cc1cc(C)cc(C(=O)N(CCBr)CC(F)F)c1. The monoisotopic (exact) mass is 319 g/mol. The molecule has 0 aliphatic carbocycles. The van der Waals surface area contributed by atoms with Crippen LogP contribution >= 0.6 is 15.9 Å². The molecule has 0 fully saturated rings. The van der Waals surface area contributed by atoms with Gasteiger partial charge in [-0.1, -0.05) is 33.1 Å². The van der Waals surface area contributed by atoms with Crippen LogP contribution in [0.25, 0.3) is 0 Å². The fourth-order valence-corrected chi connectivity index (χ4v) is 2.25. The van der Waals surface area contributed by atoms with Crippen molar-refractivity contribution in [1.29, 1.82) is 0 Å². The fourth-order valence-electron chi connectivity index (χ4n) is 1.83. The number of carbonyl (C=O) groups excluding carboxylic acids is 1. The zero-order chi connectivity index (χ0) is 13.7. The van der Waals surface area contributed by atoms with Gasteiger partial charge in [0.05, 0.1) is 6.54 Å². The number of carbonyl (C=O) groups is 1. The molecule has 0 aliphatic rings. The van der Waals surface area contributed by atoms with Crippen molar-refractivity contribution in [2.75, 3.05) is 18.4 Å². The van der Waals surface area contributed by atoms with Gasteiger partial charge in [0.1, 0.15) is 0 Å². The number of aryl methyl sites for hydroxylation is 2. The van der Waals surface area contributed by atoms with Gasteiger partial charge in [-0.3, -0.25) is 4.79 Å². The predicted molar refractivity (Wildman–Crippen MR) is 71.6 cm³/mol. The Morgan fingerprint density at radius 2 is 1.83 bits per heavy atom. The number of rotatable bonds is 5. The average Bonchev–Trinajstić information content (AvgIpc) is 2.25. The Morgan fingerprint density at radius 3 is 2.28 bits per heavy atom. The van der Waals surface area contributed by atoms with Crippen LogP contribution < -0.4 is 0 Å². The smallest absolute Gasteiger partial charge is 0.255 e. The fraction of sp³-hybridized carbons (Fsp3) is 0.462. The third-order valence-corrected chi connectivity index (χ3v) is 2.82. The van der Waals surface area contributed by atoms with E-state index < -0.39 is 13.0 Å². The lowest BCUT2D eigenvalue weighted by Crippen LogP contribution is -2.36. The van der Waals surface area contributed by atoms with Gasteiger partial charge in [0, 0.05) is 17.4 Å². The molecule has 2 nitrogen and oxygen atoms in total. The number of alkyl halides is 3. The minimum atomic E-state index is -2.51. The molecule has 0 aliphatic heterocycles. The topological polar surface area (TPSA) is 20.3 Å². The van der Waals surface area contributed by atoms with E-state index in [0.717, 1.165) is 11.1 Å². The highest BCUT2D eigenvalue weighted by Gasteiger charge is 2.19. The lowest BCUT2D eigenvalue weighted by molar-refractivity contribution is 0.0572. The summed E-state index contributed by atoms with van der Waals surface area (Å²) in [6, 6.07) is 5.39. The number of nitrogens with zero attached hydrogens (tertiary/aromatic N) is 1. The summed E-state index contributed by atoms with van der Waals surface area (Å²) >= 11 is 3.17. The summed E-state index contributed by atoms with van der Waals surface area (Å²) in [5.74, 6) is -0.346. The molecule has 0 saturated carbocycles. The lowest BCUT2D eigenvalue weighted by atomic mass is 10.1. The Balaban J connectivity index is 2.93. The quantitative estimate of drug-likeness (QED) is 0.762. The van der Waals surface area contributed by atoms with E-state index in [9.17, 15) is 13.6 Å². The minimum absolute atomic E-state index is 0.274. The van der Waals surface area contributed by atoms with Crippen molar-refractivity contribution in [2.45, 2.75) is 20.3 Å². The van der Waals surface area contributed by atoms with E-state index in [0.29, 0.717) is 10.9 Å². The van der Waals surface area contributed by atoms with Gasteiger partial charge < -0.3 is 4.90 Å². The highest BCUT2D eigenvalue weighted by molar-refractivity contribution is 9.09. The van der Waals surface area contributed by atoms with Crippen molar-refractivity contribution in [3.8, 4) is 0 Å². The Bertz CT molecular complexity index is 403. The van der Waals surface area contributed by atoms with Crippen LogP contribution in [0.3, 0.4) is 0 Å². The van der Waals surface area contributed by atoms with Crippen molar-refractivity contribution in [1.82, 2.24) is 4.90 Å². The van der Waals surface area contributed by atoms with E-state index >= 15 is 0 Å². The molecule has 1 aromatic rings. The molecule has 0 spiro atoms. The standard InChI is InChI=1S/C13H16BrF2NO/c1-9-5-10(2)7-11(6-9)13(18)17(4-3-14)8-12(15)16/h5-7,12H,3-4,8H2,1-2H3. The third-order valence-electron chi connectivity index (χ3n) is 2.47. The number of halogens is 3. The molecule has 1 rings (SSSR count). The summed E-state index contributed by atoms with van der Waals surface area (Å²) in [6.45, 7) is 3.50. The molecule has 0 aromatic heterocycles. The van der Waals surface area contributed by atoms with Gasteiger partial charge >= 0.3 is 0 Å². The Kier molecular flexibility index (Phi) is 5.72. The number of hydrogen-bond acceptors (Lipinski definition) is 1. The zero-order valence-corrected chi connectivity index (χ0v) is 12.0. The molecule has 5 heteroatoms. The van der Waals surface area contributed by atoms with Crippen molar-refractivity contribution in [2.24, 2.45) is 0 Å². The van der Waals surface area contributed by atoms with Gasteiger partial charge in [-0.25, -0.2) is 8.78 Å². The summed E-state index contributed by atoms with van der Waals surface area (Å²) in [4.78, 5) is 13.3. The molecule has 0 radical (unpaired) electrons. The first kappa shape index (κ1) is 15.1. The second-order valence-electron chi connectivity index (χ2n) is 4.21. The molecule has 0 N–H and O–H groups in total. The zero-order valence-electron chi connectivity index (χ0n) is 10.4. The second-order valence-corrected chi connectivity index (χ2v) is 5.00. The number of hydrogen-bond donors (Lipinski definition) is 0. The number of benzene rings is 1. The largest absolute Gasteiger partial charge is 0.332 e. The minimum Gasteiger partial charge on any atom is -0.332 e. The summed E-state index contributed by atoms with van der Waals surface area (Å²) in [5.41, 5.74) is 2.37. The van der Waals surface area contributed by atoms with Gasteiger partial charge in [-0.2, -0.15) is 0 Å². The average molecular weight is 320 g/mol. The maximum Gasteiger partial charge on any atom is 0.255 e. The molecule has 0 saturated heterocycles. The molecule has 0 unspecified atom stereocenters. The van der Waals surface area contributed by atoms with Gasteiger partial charge in [-0.15, -0.1) is 0 Å². The highest BCUT2D eigenvalue weighted by Crippen LogP contribution is 2.13. The maximum absolute atomic E-state index is 12.4. The maximum atomic E-state index is 12.4. The van der Waals surface area contributed by atoms with Crippen molar-refractivity contribution >= 4 is 21.8 Å². The van der Waals surface area contributed by atoms with Gasteiger partial charge in [0.25, 0.3) is 12.3 Å². The van der Waals surface area contributed by atoms with Crippen LogP contribution in [-0.4, -0.2) is 35.7 Å². The Morgan fingerprint density at radius 1 is 1.28 bits per heavy atom. The molecule has 0 heterocycles. The molecule has 1 aromatic carbocycles. The summed E-state index contributed by atoms with van der Waals surface area (Å²) in [7, 11) is 0. The van der Waals surface area contributed by atoms with Crippen LogP contribution in [0.15, 0.2) is 18.2 Å². The Hall–Kier alpha value is -0.970. The Labute approximate surface area is 114 Å². The van der Waals surface area contributed by atoms with Gasteiger partial charge in [0.15, 0.2) is 0 Å². The van der Waals surface area contributed by atoms with Crippen molar-refractivity contribution in [3.05, 3.63) is 34.9 Å².